The van der Waals surface area contributed by atoms with E-state index in [9.17, 15) is 0 Å². The molecule has 1 nitrogen and oxygen atoms in total. The molecular formula is C46H46BrN. The van der Waals surface area contributed by atoms with Crippen LogP contribution < -0.4 is 0 Å². The summed E-state index contributed by atoms with van der Waals surface area (Å²) in [4.78, 5) is 4.72. The predicted octanol–water partition coefficient (Wildman–Crippen LogP) is 13.8. The molecule has 0 N–H and O–H groups in total. The van der Waals surface area contributed by atoms with Gasteiger partial charge >= 0.3 is 0 Å². The molecule has 4 aromatic rings. The Kier molecular flexibility index (Phi) is 12.4. The van der Waals surface area contributed by atoms with Crippen LogP contribution in [0.1, 0.15) is 75.3 Å². The first-order valence-electron chi connectivity index (χ1n) is 17.2. The maximum absolute atomic E-state index is 4.72. The second-order valence-electron chi connectivity index (χ2n) is 12.4. The second-order valence-corrected chi connectivity index (χ2v) is 13.4. The van der Waals surface area contributed by atoms with Gasteiger partial charge in [-0.2, -0.15) is 0 Å². The Balaban J connectivity index is 0.000000701. The van der Waals surface area contributed by atoms with Gasteiger partial charge in [0.05, 0.1) is 4.62 Å². The number of fused-ring (bicyclic) bond motifs is 2. The third-order valence-electron chi connectivity index (χ3n) is 8.13. The first-order valence-corrected chi connectivity index (χ1v) is 18.0. The molecule has 0 radical (unpaired) electrons. The summed E-state index contributed by atoms with van der Waals surface area (Å²) in [7, 11) is 0. The van der Waals surface area contributed by atoms with Crippen molar-refractivity contribution in [1.82, 2.24) is 0 Å². The van der Waals surface area contributed by atoms with Gasteiger partial charge in [-0.05, 0) is 95.6 Å². The Morgan fingerprint density at radius 2 is 1.23 bits per heavy atom. The van der Waals surface area contributed by atoms with Crippen molar-refractivity contribution < 1.29 is 0 Å². The van der Waals surface area contributed by atoms with Gasteiger partial charge in [0, 0.05) is 18.2 Å². The lowest BCUT2D eigenvalue weighted by Crippen LogP contribution is -2.00. The fourth-order valence-electron chi connectivity index (χ4n) is 6.11. The molecule has 0 bridgehead atoms. The van der Waals surface area contributed by atoms with Crippen LogP contribution >= 0.6 is 15.9 Å². The molecule has 0 saturated heterocycles. The van der Waals surface area contributed by atoms with Gasteiger partial charge in [-0.3, -0.25) is 4.99 Å². The van der Waals surface area contributed by atoms with Crippen molar-refractivity contribution in [3.8, 4) is 11.1 Å². The number of rotatable bonds is 4. The summed E-state index contributed by atoms with van der Waals surface area (Å²) in [6.45, 7) is 10.5. The minimum Gasteiger partial charge on any atom is -0.253 e. The highest BCUT2D eigenvalue weighted by molar-refractivity contribution is 9.18. The van der Waals surface area contributed by atoms with E-state index in [1.165, 1.54) is 60.9 Å². The normalized spacial score (nSPS) is 15.0. The van der Waals surface area contributed by atoms with Gasteiger partial charge < -0.3 is 0 Å². The zero-order valence-electron chi connectivity index (χ0n) is 28.9. The maximum atomic E-state index is 4.72. The first-order chi connectivity index (χ1) is 23.5. The van der Waals surface area contributed by atoms with Gasteiger partial charge in [0.2, 0.25) is 0 Å². The summed E-state index contributed by atoms with van der Waals surface area (Å²) in [5.41, 5.74) is 12.5. The molecule has 4 aromatic carbocycles. The average molecular weight is 693 g/mol. The van der Waals surface area contributed by atoms with E-state index < -0.39 is 0 Å². The molecule has 0 saturated carbocycles. The number of hydrogen-bond donors (Lipinski definition) is 0. The molecule has 242 valence electrons. The fourth-order valence-corrected chi connectivity index (χ4v) is 6.40. The fraction of sp³-hybridized carbons (Fsp3) is 0.196. The Morgan fingerprint density at radius 3 is 1.96 bits per heavy atom. The third kappa shape index (κ3) is 8.30. The number of benzene rings is 4. The van der Waals surface area contributed by atoms with Crippen molar-refractivity contribution in [2.24, 2.45) is 10.9 Å². The molecule has 3 aliphatic rings. The lowest BCUT2D eigenvalue weighted by atomic mass is 9.82. The van der Waals surface area contributed by atoms with Gasteiger partial charge in [-0.1, -0.05) is 174 Å². The van der Waals surface area contributed by atoms with Crippen LogP contribution in [0.5, 0.6) is 0 Å². The zero-order chi connectivity index (χ0) is 33.9. The van der Waals surface area contributed by atoms with Crippen LogP contribution in [0.25, 0.3) is 44.7 Å². The van der Waals surface area contributed by atoms with Gasteiger partial charge in [-0.25, -0.2) is 0 Å². The van der Waals surface area contributed by atoms with Crippen LogP contribution in [0.3, 0.4) is 0 Å². The Hall–Kier alpha value is -4.53. The zero-order valence-corrected chi connectivity index (χ0v) is 30.5. The highest BCUT2D eigenvalue weighted by atomic mass is 79.9. The second kappa shape index (κ2) is 17.0. The molecule has 0 fully saturated rings. The van der Waals surface area contributed by atoms with Crippen LogP contribution in [0.4, 0.5) is 0 Å². The lowest BCUT2D eigenvalue weighted by Gasteiger charge is -2.21. The van der Waals surface area contributed by atoms with Crippen LogP contribution in [0, 0.1) is 5.92 Å². The molecule has 1 aliphatic heterocycles. The summed E-state index contributed by atoms with van der Waals surface area (Å²) in [5, 5.41) is 2.51. The van der Waals surface area contributed by atoms with Gasteiger partial charge in [0.1, 0.15) is 0 Å². The van der Waals surface area contributed by atoms with Crippen molar-refractivity contribution in [2.45, 2.75) is 53.9 Å². The van der Waals surface area contributed by atoms with Gasteiger partial charge in [-0.15, -0.1) is 0 Å². The Morgan fingerprint density at radius 1 is 0.604 bits per heavy atom. The number of aliphatic imine (C=N–C) groups is 1. The van der Waals surface area contributed by atoms with Crippen molar-refractivity contribution in [2.75, 3.05) is 0 Å². The molecule has 1 heterocycles. The molecule has 2 heteroatoms. The van der Waals surface area contributed by atoms with E-state index in [0.29, 0.717) is 0 Å². The van der Waals surface area contributed by atoms with E-state index in [-0.39, 0.29) is 0 Å². The molecular weight excluding hydrogens is 646 g/mol. The highest BCUT2D eigenvalue weighted by Gasteiger charge is 2.22. The largest absolute Gasteiger partial charge is 0.253 e. The van der Waals surface area contributed by atoms with E-state index in [1.807, 2.05) is 20.0 Å². The Labute approximate surface area is 296 Å². The van der Waals surface area contributed by atoms with E-state index >= 15 is 0 Å². The molecule has 0 amide bonds. The number of nitrogens with zero attached hydrogens (tertiary/aromatic N) is 1. The van der Waals surface area contributed by atoms with Crippen molar-refractivity contribution >= 4 is 54.1 Å². The van der Waals surface area contributed by atoms with E-state index in [0.717, 1.165) is 35.4 Å². The quantitative estimate of drug-likeness (QED) is 0.202. The molecule has 2 aliphatic carbocycles. The van der Waals surface area contributed by atoms with Crippen LogP contribution in [0.2, 0.25) is 0 Å². The number of allylic oxidation sites excluding steroid dienone is 12. The minimum absolute atomic E-state index is 0.793. The van der Waals surface area contributed by atoms with E-state index in [2.05, 4.69) is 176 Å². The van der Waals surface area contributed by atoms with Gasteiger partial charge in [0.25, 0.3) is 0 Å². The monoisotopic (exact) mass is 691 g/mol. The molecule has 48 heavy (non-hydrogen) atoms. The third-order valence-corrected chi connectivity index (χ3v) is 8.66. The lowest BCUT2D eigenvalue weighted by molar-refractivity contribution is 0.737. The maximum Gasteiger partial charge on any atom is 0.0867 e. The van der Waals surface area contributed by atoms with E-state index in [4.69, 9.17) is 4.99 Å². The summed E-state index contributed by atoms with van der Waals surface area (Å²) in [6, 6.07) is 28.7. The smallest absolute Gasteiger partial charge is 0.0867 e. The van der Waals surface area contributed by atoms with Gasteiger partial charge in [0.15, 0.2) is 0 Å². The van der Waals surface area contributed by atoms with Crippen molar-refractivity contribution in [3.05, 3.63) is 168 Å². The standard InChI is InChI=1S/C40H30BrN.C4H10.C2H6/c41-38-18-10-15-33(27-42-38)40-35-17-9-8-16-34(35)39(32-21-19-30(20-22-32)28-11-4-1-2-5-12-28)36-25-23-31(24-26-37(36)40)29-13-6-3-7-14-29;1-4(2)3;1-2/h1,3-17,19-24,26-27H,2,18,25H2;4H,1-3H3;1-2H3. The Bertz CT molecular complexity index is 1970. The van der Waals surface area contributed by atoms with Crippen molar-refractivity contribution in [1.29, 1.82) is 0 Å². The molecule has 0 atom stereocenters. The van der Waals surface area contributed by atoms with Crippen LogP contribution in [0.15, 0.2) is 145 Å². The summed E-state index contributed by atoms with van der Waals surface area (Å²) < 4.78 is 0.943. The molecule has 0 unspecified atom stereocenters. The molecule has 0 aromatic heterocycles. The number of halogens is 1. The minimum atomic E-state index is 0.793. The van der Waals surface area contributed by atoms with Crippen LogP contribution in [-0.4, -0.2) is 4.62 Å². The SMILES string of the molecule is BrC1=NC=C(c2c3c(c(-c4ccc(C5=CC=CCC=C5)cc4)c4ccccc24)CC=C(c2ccccc2)C=C3)C=CC1.CC.CC(C)C. The number of hydrogen-bond acceptors (Lipinski definition) is 1. The average Bonchev–Trinajstić information content (AvgIpc) is 3.61. The first kappa shape index (κ1) is 34.8. The van der Waals surface area contributed by atoms with Crippen molar-refractivity contribution in [3.63, 3.8) is 0 Å². The summed E-state index contributed by atoms with van der Waals surface area (Å²) in [6.07, 6.45) is 27.0. The molecule has 0 spiro atoms. The topological polar surface area (TPSA) is 12.4 Å². The highest BCUT2D eigenvalue weighted by Crippen LogP contribution is 2.43. The van der Waals surface area contributed by atoms with Crippen LogP contribution in [-0.2, 0) is 6.42 Å². The predicted molar refractivity (Wildman–Crippen MR) is 217 cm³/mol. The summed E-state index contributed by atoms with van der Waals surface area (Å²) in [5.74, 6) is 0.833. The summed E-state index contributed by atoms with van der Waals surface area (Å²) >= 11 is 3.61. The molecule has 7 rings (SSSR count). The van der Waals surface area contributed by atoms with E-state index in [1.54, 1.807) is 0 Å².